The topological polar surface area (TPSA) is 95.9 Å². The molecule has 0 spiro atoms. The van der Waals surface area contributed by atoms with Crippen LogP contribution in [0.5, 0.6) is 0 Å². The minimum Gasteiger partial charge on any atom is -0.351 e. The summed E-state index contributed by atoms with van der Waals surface area (Å²) in [4.78, 5) is 30.9. The zero-order valence-corrected chi connectivity index (χ0v) is 26.0. The number of unbranched alkanes of at least 4 members (excludes halogenated alkanes) is 10. The fourth-order valence-corrected chi connectivity index (χ4v) is 5.30. The summed E-state index contributed by atoms with van der Waals surface area (Å²) in [6.07, 6.45) is 26.5. The zero-order chi connectivity index (χ0) is 29.6. The van der Waals surface area contributed by atoms with Gasteiger partial charge in [0, 0.05) is 12.0 Å². The Labute approximate surface area is 248 Å². The molecule has 1 aromatic rings. The van der Waals surface area contributed by atoms with Gasteiger partial charge in [0.1, 0.15) is 0 Å². The van der Waals surface area contributed by atoms with Crippen LogP contribution in [0.15, 0.2) is 48.1 Å². The van der Waals surface area contributed by atoms with Crippen molar-refractivity contribution < 1.29 is 23.7 Å². The van der Waals surface area contributed by atoms with Crippen molar-refractivity contribution in [3.8, 4) is 11.8 Å². The lowest BCUT2D eigenvalue weighted by Gasteiger charge is -2.19. The number of allylic oxidation sites excluding steroid dienone is 4. The van der Waals surface area contributed by atoms with Gasteiger partial charge in [0.15, 0.2) is 0 Å². The fourth-order valence-electron chi connectivity index (χ4n) is 4.93. The number of rotatable bonds is 20. The number of benzene rings is 1. The quantitative estimate of drug-likeness (QED) is 0.0619. The van der Waals surface area contributed by atoms with Crippen LogP contribution >= 0.6 is 7.82 Å². The molecule has 0 saturated carbocycles. The number of hydrogen-bond donors (Lipinski definition) is 3. The van der Waals surface area contributed by atoms with Gasteiger partial charge in [-0.3, -0.25) is 9.32 Å². The van der Waals surface area contributed by atoms with E-state index in [1.807, 2.05) is 24.3 Å². The second-order valence-corrected chi connectivity index (χ2v) is 12.4. The number of amides is 1. The van der Waals surface area contributed by atoms with Gasteiger partial charge in [-0.05, 0) is 87.5 Å². The molecule has 228 valence electrons. The molecular formula is C34H52NO5P. The number of hydrogen-bond acceptors (Lipinski definition) is 3. The van der Waals surface area contributed by atoms with Gasteiger partial charge in [0.05, 0.1) is 12.6 Å². The van der Waals surface area contributed by atoms with Crippen molar-refractivity contribution in [2.75, 3.05) is 6.61 Å². The van der Waals surface area contributed by atoms with E-state index in [1.54, 1.807) is 0 Å². The molecule has 41 heavy (non-hydrogen) atoms. The van der Waals surface area contributed by atoms with Gasteiger partial charge in [0.2, 0.25) is 5.91 Å². The Morgan fingerprint density at radius 2 is 1.61 bits per heavy atom. The number of carbonyl (C=O) groups excluding carboxylic acids is 1. The fraction of sp³-hybridized carbons (Fsp3) is 0.618. The first-order valence-corrected chi connectivity index (χ1v) is 17.3. The molecule has 1 atom stereocenters. The molecule has 1 aromatic carbocycles. The summed E-state index contributed by atoms with van der Waals surface area (Å²) in [5, 5.41) is 2.91. The molecule has 1 amide bonds. The Balaban J connectivity index is 1.68. The Kier molecular flexibility index (Phi) is 18.4. The summed E-state index contributed by atoms with van der Waals surface area (Å²) in [6.45, 7) is 1.99. The molecule has 0 bridgehead atoms. The molecule has 0 fully saturated rings. The van der Waals surface area contributed by atoms with Gasteiger partial charge in [-0.1, -0.05) is 94.1 Å². The SMILES string of the molecule is CCCCCCCC/C=C\CCCCCCC(=O)N[C@@H](COP(=O)(O)O)Cc1ccc(C#CC2=CCCCC2)cc1. The molecular weight excluding hydrogens is 533 g/mol. The van der Waals surface area contributed by atoms with Crippen molar-refractivity contribution in [3.05, 3.63) is 59.2 Å². The van der Waals surface area contributed by atoms with E-state index in [2.05, 4.69) is 42.3 Å². The molecule has 6 nitrogen and oxygen atoms in total. The number of carbonyl (C=O) groups is 1. The van der Waals surface area contributed by atoms with Crippen LogP contribution in [0.25, 0.3) is 0 Å². The second kappa shape index (κ2) is 21.5. The lowest BCUT2D eigenvalue weighted by molar-refractivity contribution is -0.122. The van der Waals surface area contributed by atoms with Gasteiger partial charge in [-0.25, -0.2) is 4.57 Å². The zero-order valence-electron chi connectivity index (χ0n) is 25.1. The molecule has 0 saturated heterocycles. The van der Waals surface area contributed by atoms with Crippen molar-refractivity contribution in [2.45, 2.75) is 129 Å². The van der Waals surface area contributed by atoms with Gasteiger partial charge in [0.25, 0.3) is 0 Å². The molecule has 3 N–H and O–H groups in total. The first-order valence-electron chi connectivity index (χ1n) is 15.8. The monoisotopic (exact) mass is 585 g/mol. The Bertz CT molecular complexity index is 1030. The summed E-state index contributed by atoms with van der Waals surface area (Å²) in [5.41, 5.74) is 3.06. The molecule has 2 rings (SSSR count). The number of phosphoric acid groups is 1. The van der Waals surface area contributed by atoms with E-state index in [0.29, 0.717) is 12.8 Å². The highest BCUT2D eigenvalue weighted by Crippen LogP contribution is 2.35. The third kappa shape index (κ3) is 18.8. The molecule has 0 unspecified atom stereocenters. The van der Waals surface area contributed by atoms with Crippen LogP contribution in [0, 0.1) is 11.8 Å². The van der Waals surface area contributed by atoms with Gasteiger partial charge < -0.3 is 15.1 Å². The highest BCUT2D eigenvalue weighted by molar-refractivity contribution is 7.46. The van der Waals surface area contributed by atoms with Crippen LogP contribution in [0.4, 0.5) is 0 Å². The van der Waals surface area contributed by atoms with E-state index in [9.17, 15) is 9.36 Å². The standard InChI is InChI=1S/C34H52NO5P/c1-2-3-4-5-6-7-8-9-10-11-12-13-14-18-21-34(36)35-33(29-40-41(37,38)39)28-32-26-24-31(25-27-32)23-22-30-19-16-15-17-20-30/h9-10,19,24-27,33H,2-8,11-18,20-21,28-29H2,1H3,(H,35,36)(H2,37,38,39)/b10-9-/t33-/m1/s1. The molecule has 1 aliphatic carbocycles. The van der Waals surface area contributed by atoms with Crippen molar-refractivity contribution in [3.63, 3.8) is 0 Å². The second-order valence-electron chi connectivity index (χ2n) is 11.2. The van der Waals surface area contributed by atoms with Crippen LogP contribution in [0.2, 0.25) is 0 Å². The van der Waals surface area contributed by atoms with E-state index >= 15 is 0 Å². The number of nitrogens with one attached hydrogen (secondary N) is 1. The summed E-state index contributed by atoms with van der Waals surface area (Å²) < 4.78 is 16.0. The normalized spacial score (nSPS) is 14.4. The van der Waals surface area contributed by atoms with E-state index in [4.69, 9.17) is 14.3 Å². The Hall–Kier alpha value is -2.16. The lowest BCUT2D eigenvalue weighted by Crippen LogP contribution is -2.39. The van der Waals surface area contributed by atoms with E-state index in [1.165, 1.54) is 63.4 Å². The minimum absolute atomic E-state index is 0.119. The molecule has 7 heteroatoms. The summed E-state index contributed by atoms with van der Waals surface area (Å²) in [6, 6.07) is 7.24. The first kappa shape index (κ1) is 35.0. The Morgan fingerprint density at radius 1 is 0.951 bits per heavy atom. The van der Waals surface area contributed by atoms with Gasteiger partial charge in [-0.2, -0.15) is 0 Å². The third-order valence-electron chi connectivity index (χ3n) is 7.32. The predicted molar refractivity (Wildman–Crippen MR) is 168 cm³/mol. The molecule has 1 aliphatic rings. The van der Waals surface area contributed by atoms with Crippen molar-refractivity contribution >= 4 is 13.7 Å². The Morgan fingerprint density at radius 3 is 2.24 bits per heavy atom. The molecule has 0 radical (unpaired) electrons. The molecule has 0 aliphatic heterocycles. The van der Waals surface area contributed by atoms with E-state index in [-0.39, 0.29) is 12.5 Å². The molecule has 0 heterocycles. The summed E-state index contributed by atoms with van der Waals surface area (Å²) in [7, 11) is -4.63. The maximum atomic E-state index is 12.6. The van der Waals surface area contributed by atoms with Crippen LogP contribution in [0.3, 0.4) is 0 Å². The van der Waals surface area contributed by atoms with Crippen LogP contribution in [-0.4, -0.2) is 28.3 Å². The van der Waals surface area contributed by atoms with Crippen molar-refractivity contribution in [2.24, 2.45) is 0 Å². The third-order valence-corrected chi connectivity index (χ3v) is 7.80. The smallest absolute Gasteiger partial charge is 0.351 e. The van der Waals surface area contributed by atoms with Gasteiger partial charge >= 0.3 is 7.82 Å². The first-order chi connectivity index (χ1) is 19.9. The maximum Gasteiger partial charge on any atom is 0.469 e. The van der Waals surface area contributed by atoms with Crippen molar-refractivity contribution in [1.82, 2.24) is 5.32 Å². The lowest BCUT2D eigenvalue weighted by atomic mass is 9.99. The van der Waals surface area contributed by atoms with Gasteiger partial charge in [-0.15, -0.1) is 0 Å². The van der Waals surface area contributed by atoms with Crippen LogP contribution < -0.4 is 5.32 Å². The highest BCUT2D eigenvalue weighted by atomic mass is 31.2. The minimum atomic E-state index is -4.63. The average Bonchev–Trinajstić information content (AvgIpc) is 2.96. The molecule has 0 aromatic heterocycles. The largest absolute Gasteiger partial charge is 0.469 e. The van der Waals surface area contributed by atoms with Crippen LogP contribution in [0.1, 0.15) is 127 Å². The average molecular weight is 586 g/mol. The predicted octanol–water partition coefficient (Wildman–Crippen LogP) is 8.32. The van der Waals surface area contributed by atoms with E-state index in [0.717, 1.165) is 56.1 Å². The highest BCUT2D eigenvalue weighted by Gasteiger charge is 2.20. The van der Waals surface area contributed by atoms with E-state index < -0.39 is 13.9 Å². The summed E-state index contributed by atoms with van der Waals surface area (Å²) in [5.74, 6) is 6.35. The summed E-state index contributed by atoms with van der Waals surface area (Å²) >= 11 is 0. The van der Waals surface area contributed by atoms with Crippen molar-refractivity contribution in [1.29, 1.82) is 0 Å². The maximum absolute atomic E-state index is 12.6. The number of phosphoric ester groups is 1. The van der Waals surface area contributed by atoms with Crippen LogP contribution in [-0.2, 0) is 20.3 Å².